The number of hydrogen-bond acceptors (Lipinski definition) is 4. The van der Waals surface area contributed by atoms with Crippen molar-refractivity contribution in [1.29, 1.82) is 0 Å². The Balaban J connectivity index is 1.91. The second-order valence-electron chi connectivity index (χ2n) is 4.72. The molecule has 0 amide bonds. The maximum Gasteiger partial charge on any atom is 0.174 e. The summed E-state index contributed by atoms with van der Waals surface area (Å²) in [5.41, 5.74) is 16.4. The molecule has 0 aliphatic heterocycles. The number of aromatic amines is 2. The summed E-state index contributed by atoms with van der Waals surface area (Å²) in [6.45, 7) is 0. The predicted molar refractivity (Wildman–Crippen MR) is 80.0 cm³/mol. The molecular formula is C14H12N6. The number of nitrogens with two attached hydrogens (primary N) is 2. The SMILES string of the molecule is Nc1ccc2[nH]c(-c3nc4cc(N)ccc4[nH]3)nc2c1. The first-order chi connectivity index (χ1) is 9.69. The van der Waals surface area contributed by atoms with Gasteiger partial charge in [-0.3, -0.25) is 0 Å². The highest BCUT2D eigenvalue weighted by molar-refractivity contribution is 5.84. The van der Waals surface area contributed by atoms with Crippen LogP contribution in [0, 0.1) is 0 Å². The number of anilines is 2. The molecule has 2 heterocycles. The number of nitrogens with zero attached hydrogens (tertiary/aromatic N) is 2. The van der Waals surface area contributed by atoms with Gasteiger partial charge in [0.15, 0.2) is 11.6 Å². The number of rotatable bonds is 1. The Morgan fingerprint density at radius 1 is 0.700 bits per heavy atom. The number of H-pyrrole nitrogens is 2. The van der Waals surface area contributed by atoms with Gasteiger partial charge in [-0.05, 0) is 36.4 Å². The van der Waals surface area contributed by atoms with Crippen molar-refractivity contribution >= 4 is 33.4 Å². The van der Waals surface area contributed by atoms with Crippen LogP contribution in [0.4, 0.5) is 11.4 Å². The molecule has 0 fully saturated rings. The van der Waals surface area contributed by atoms with Gasteiger partial charge in [0.1, 0.15) is 0 Å². The molecule has 0 aliphatic rings. The largest absolute Gasteiger partial charge is 0.399 e. The smallest absolute Gasteiger partial charge is 0.174 e. The van der Waals surface area contributed by atoms with Gasteiger partial charge in [-0.1, -0.05) is 0 Å². The molecule has 20 heavy (non-hydrogen) atoms. The van der Waals surface area contributed by atoms with Gasteiger partial charge in [0.05, 0.1) is 22.1 Å². The quantitative estimate of drug-likeness (QED) is 0.395. The summed E-state index contributed by atoms with van der Waals surface area (Å²) in [4.78, 5) is 15.4. The van der Waals surface area contributed by atoms with Gasteiger partial charge >= 0.3 is 0 Å². The van der Waals surface area contributed by atoms with E-state index < -0.39 is 0 Å². The van der Waals surface area contributed by atoms with Crippen molar-refractivity contribution in [3.8, 4) is 11.6 Å². The fourth-order valence-electron chi connectivity index (χ4n) is 2.27. The van der Waals surface area contributed by atoms with Gasteiger partial charge in [0.25, 0.3) is 0 Å². The lowest BCUT2D eigenvalue weighted by atomic mass is 10.3. The Bertz CT molecular complexity index is 855. The third kappa shape index (κ3) is 1.58. The van der Waals surface area contributed by atoms with E-state index in [-0.39, 0.29) is 0 Å². The van der Waals surface area contributed by atoms with Gasteiger partial charge in [-0.2, -0.15) is 0 Å². The first-order valence-corrected chi connectivity index (χ1v) is 6.20. The molecular weight excluding hydrogens is 252 g/mol. The molecule has 0 radical (unpaired) electrons. The lowest BCUT2D eigenvalue weighted by Gasteiger charge is -1.89. The predicted octanol–water partition coefficient (Wildman–Crippen LogP) is 2.27. The van der Waals surface area contributed by atoms with Crippen LogP contribution in [0.15, 0.2) is 36.4 Å². The van der Waals surface area contributed by atoms with Crippen LogP contribution < -0.4 is 11.5 Å². The zero-order chi connectivity index (χ0) is 13.7. The average Bonchev–Trinajstić information content (AvgIpc) is 3.00. The van der Waals surface area contributed by atoms with Crippen LogP contribution >= 0.6 is 0 Å². The lowest BCUT2D eigenvalue weighted by Crippen LogP contribution is -1.82. The molecule has 0 saturated heterocycles. The number of imidazole rings is 2. The summed E-state index contributed by atoms with van der Waals surface area (Å²) >= 11 is 0. The molecule has 6 nitrogen and oxygen atoms in total. The second-order valence-corrected chi connectivity index (χ2v) is 4.72. The van der Waals surface area contributed by atoms with E-state index >= 15 is 0 Å². The van der Waals surface area contributed by atoms with E-state index in [4.69, 9.17) is 11.5 Å². The van der Waals surface area contributed by atoms with Gasteiger partial charge in [-0.25, -0.2) is 9.97 Å². The monoisotopic (exact) mass is 264 g/mol. The number of aromatic nitrogens is 4. The van der Waals surface area contributed by atoms with E-state index in [2.05, 4.69) is 19.9 Å². The summed E-state index contributed by atoms with van der Waals surface area (Å²) < 4.78 is 0. The molecule has 4 rings (SSSR count). The van der Waals surface area contributed by atoms with E-state index in [0.717, 1.165) is 22.1 Å². The number of hydrogen-bond donors (Lipinski definition) is 4. The first-order valence-electron chi connectivity index (χ1n) is 6.20. The second kappa shape index (κ2) is 3.74. The maximum atomic E-state index is 5.76. The van der Waals surface area contributed by atoms with E-state index in [1.807, 2.05) is 36.4 Å². The zero-order valence-electron chi connectivity index (χ0n) is 10.5. The number of benzene rings is 2. The van der Waals surface area contributed by atoms with Crippen LogP contribution in [0.3, 0.4) is 0 Å². The molecule has 6 N–H and O–H groups in total. The number of fused-ring (bicyclic) bond motifs is 2. The zero-order valence-corrected chi connectivity index (χ0v) is 10.5. The molecule has 4 aromatic rings. The molecule has 0 aliphatic carbocycles. The van der Waals surface area contributed by atoms with Crippen LogP contribution in [-0.4, -0.2) is 19.9 Å². The van der Waals surface area contributed by atoms with Crippen molar-refractivity contribution < 1.29 is 0 Å². The van der Waals surface area contributed by atoms with Gasteiger partial charge in [-0.15, -0.1) is 0 Å². The molecule has 6 heteroatoms. The Morgan fingerprint density at radius 2 is 1.15 bits per heavy atom. The van der Waals surface area contributed by atoms with E-state index in [9.17, 15) is 0 Å². The summed E-state index contributed by atoms with van der Waals surface area (Å²) in [6, 6.07) is 11.1. The van der Waals surface area contributed by atoms with Crippen molar-refractivity contribution in [1.82, 2.24) is 19.9 Å². The average molecular weight is 264 g/mol. The molecule has 0 saturated carbocycles. The first kappa shape index (κ1) is 10.9. The third-order valence-electron chi connectivity index (χ3n) is 3.24. The summed E-state index contributed by atoms with van der Waals surface area (Å²) in [7, 11) is 0. The van der Waals surface area contributed by atoms with E-state index in [1.165, 1.54) is 0 Å². The van der Waals surface area contributed by atoms with Crippen LogP contribution in [0.5, 0.6) is 0 Å². The minimum absolute atomic E-state index is 0.681. The van der Waals surface area contributed by atoms with Crippen molar-refractivity contribution in [2.75, 3.05) is 11.5 Å². The summed E-state index contributed by atoms with van der Waals surface area (Å²) in [5, 5.41) is 0. The fraction of sp³-hybridized carbons (Fsp3) is 0. The highest BCUT2D eigenvalue weighted by Crippen LogP contribution is 2.23. The van der Waals surface area contributed by atoms with Crippen LogP contribution in [0.2, 0.25) is 0 Å². The maximum absolute atomic E-state index is 5.76. The van der Waals surface area contributed by atoms with Crippen molar-refractivity contribution in [2.24, 2.45) is 0 Å². The molecule has 0 bridgehead atoms. The molecule has 2 aromatic carbocycles. The molecule has 0 atom stereocenters. The minimum atomic E-state index is 0.681. The minimum Gasteiger partial charge on any atom is -0.399 e. The standard InChI is InChI=1S/C14H12N6/c15-7-1-3-9-11(5-7)19-13(17-9)14-18-10-4-2-8(16)6-12(10)20-14/h1-6H,15-16H2,(H,17,19)(H,18,20). The highest BCUT2D eigenvalue weighted by Gasteiger charge is 2.10. The van der Waals surface area contributed by atoms with Crippen LogP contribution in [0.1, 0.15) is 0 Å². The normalized spacial score (nSPS) is 11.4. The molecule has 0 unspecified atom stereocenters. The Kier molecular flexibility index (Phi) is 2.03. The van der Waals surface area contributed by atoms with Crippen molar-refractivity contribution in [3.63, 3.8) is 0 Å². The number of nitrogens with one attached hydrogen (secondary N) is 2. The molecule has 0 spiro atoms. The van der Waals surface area contributed by atoms with Crippen molar-refractivity contribution in [3.05, 3.63) is 36.4 Å². The Labute approximate surface area is 113 Å². The Morgan fingerprint density at radius 3 is 1.60 bits per heavy atom. The summed E-state index contributed by atoms with van der Waals surface area (Å²) in [6.07, 6.45) is 0. The van der Waals surface area contributed by atoms with Crippen LogP contribution in [-0.2, 0) is 0 Å². The Hall–Kier alpha value is -3.02. The number of nitrogen functional groups attached to an aromatic ring is 2. The van der Waals surface area contributed by atoms with Gasteiger partial charge in [0.2, 0.25) is 0 Å². The third-order valence-corrected chi connectivity index (χ3v) is 3.24. The summed E-state index contributed by atoms with van der Waals surface area (Å²) in [5.74, 6) is 1.36. The van der Waals surface area contributed by atoms with Gasteiger partial charge < -0.3 is 21.4 Å². The van der Waals surface area contributed by atoms with E-state index in [1.54, 1.807) is 0 Å². The fourth-order valence-corrected chi connectivity index (χ4v) is 2.27. The van der Waals surface area contributed by atoms with Gasteiger partial charge in [0, 0.05) is 11.4 Å². The van der Waals surface area contributed by atoms with Crippen molar-refractivity contribution in [2.45, 2.75) is 0 Å². The molecule has 98 valence electrons. The molecule has 2 aromatic heterocycles. The topological polar surface area (TPSA) is 109 Å². The van der Waals surface area contributed by atoms with E-state index in [0.29, 0.717) is 23.0 Å². The lowest BCUT2D eigenvalue weighted by molar-refractivity contribution is 1.22. The highest BCUT2D eigenvalue weighted by atomic mass is 15.0. The van der Waals surface area contributed by atoms with Crippen LogP contribution in [0.25, 0.3) is 33.7 Å².